The Kier molecular flexibility index (Phi) is 8.96. The molecule has 1 fully saturated rings. The van der Waals surface area contributed by atoms with Gasteiger partial charge in [0.2, 0.25) is 15.0 Å². The molecule has 6 nitrogen and oxygen atoms in total. The molecule has 1 saturated heterocycles. The highest BCUT2D eigenvalue weighted by Crippen LogP contribution is 2.20. The van der Waals surface area contributed by atoms with Crippen LogP contribution in [0.1, 0.15) is 65.0 Å². The van der Waals surface area contributed by atoms with Crippen LogP contribution in [0, 0.1) is 5.92 Å². The summed E-state index contributed by atoms with van der Waals surface area (Å²) in [6.07, 6.45) is 7.91. The van der Waals surface area contributed by atoms with Gasteiger partial charge >= 0.3 is 0 Å². The fourth-order valence-corrected chi connectivity index (χ4v) is 5.49. The molecule has 0 unspecified atom stereocenters. The average molecular weight is 413 g/mol. The number of nitrogens with zero attached hydrogens (tertiary/aromatic N) is 4. The lowest BCUT2D eigenvalue weighted by atomic mass is 10.1. The fourth-order valence-electron chi connectivity index (χ4n) is 4.01. The van der Waals surface area contributed by atoms with Crippen LogP contribution in [0.5, 0.6) is 0 Å². The standard InChI is InChI=1S/C21H40N4O2S/c1-6-7-13-25-20(17-23(4)16-19-11-8-12-24(19)5)15-22-21(25)28(26,27)14-9-10-18(2)3/h15,18-19H,6-14,16-17H2,1-5H3/t19-/m0/s1. The highest BCUT2D eigenvalue weighted by atomic mass is 32.2. The number of aromatic nitrogens is 2. The lowest BCUT2D eigenvalue weighted by Crippen LogP contribution is -2.36. The molecule has 0 bridgehead atoms. The summed E-state index contributed by atoms with van der Waals surface area (Å²) in [6.45, 7) is 10.0. The van der Waals surface area contributed by atoms with Crippen molar-refractivity contribution in [3.05, 3.63) is 11.9 Å². The predicted molar refractivity (Wildman–Crippen MR) is 115 cm³/mol. The van der Waals surface area contributed by atoms with Gasteiger partial charge in [0, 0.05) is 25.7 Å². The van der Waals surface area contributed by atoms with Crippen molar-refractivity contribution < 1.29 is 8.42 Å². The molecule has 28 heavy (non-hydrogen) atoms. The van der Waals surface area contributed by atoms with E-state index in [1.165, 1.54) is 19.4 Å². The van der Waals surface area contributed by atoms with Gasteiger partial charge in [-0.15, -0.1) is 0 Å². The second-order valence-corrected chi connectivity index (χ2v) is 10.9. The highest BCUT2D eigenvalue weighted by Gasteiger charge is 2.25. The molecular formula is C21H40N4O2S. The summed E-state index contributed by atoms with van der Waals surface area (Å²) < 4.78 is 27.8. The van der Waals surface area contributed by atoms with E-state index in [1.807, 2.05) is 4.57 Å². The Labute approximate surface area is 172 Å². The van der Waals surface area contributed by atoms with Crippen molar-refractivity contribution in [2.24, 2.45) is 5.92 Å². The van der Waals surface area contributed by atoms with Crippen molar-refractivity contribution >= 4 is 9.84 Å². The molecule has 1 aliphatic rings. The predicted octanol–water partition coefficient (Wildman–Crippen LogP) is 3.42. The van der Waals surface area contributed by atoms with Gasteiger partial charge in [-0.1, -0.05) is 27.2 Å². The normalized spacial score (nSPS) is 18.6. The first-order valence-electron chi connectivity index (χ1n) is 10.9. The topological polar surface area (TPSA) is 58.4 Å². The maximum absolute atomic E-state index is 12.9. The molecule has 0 aliphatic carbocycles. The van der Waals surface area contributed by atoms with Crippen molar-refractivity contribution in [2.75, 3.05) is 32.9 Å². The van der Waals surface area contributed by atoms with E-state index in [9.17, 15) is 8.42 Å². The van der Waals surface area contributed by atoms with Gasteiger partial charge in [-0.3, -0.25) is 4.90 Å². The zero-order valence-electron chi connectivity index (χ0n) is 18.5. The van der Waals surface area contributed by atoms with Crippen LogP contribution in [0.15, 0.2) is 11.4 Å². The smallest absolute Gasteiger partial charge is 0.227 e. The molecule has 0 spiro atoms. The number of hydrogen-bond acceptors (Lipinski definition) is 5. The number of sulfone groups is 1. The van der Waals surface area contributed by atoms with E-state index < -0.39 is 9.84 Å². The summed E-state index contributed by atoms with van der Waals surface area (Å²) >= 11 is 0. The zero-order chi connectivity index (χ0) is 20.7. The molecule has 0 amide bonds. The first-order valence-corrected chi connectivity index (χ1v) is 12.6. The molecule has 0 N–H and O–H groups in total. The summed E-state index contributed by atoms with van der Waals surface area (Å²) in [5.74, 6) is 0.712. The van der Waals surface area contributed by atoms with E-state index in [-0.39, 0.29) is 10.9 Å². The Bertz CT molecular complexity index is 699. The van der Waals surface area contributed by atoms with Gasteiger partial charge in [-0.05, 0) is 58.7 Å². The summed E-state index contributed by atoms with van der Waals surface area (Å²) in [4.78, 5) is 9.11. The number of imidazole rings is 1. The van der Waals surface area contributed by atoms with Gasteiger partial charge in [-0.25, -0.2) is 13.4 Å². The van der Waals surface area contributed by atoms with Crippen LogP contribution in [0.2, 0.25) is 0 Å². The largest absolute Gasteiger partial charge is 0.318 e. The summed E-state index contributed by atoms with van der Waals surface area (Å²) in [7, 11) is 0.980. The van der Waals surface area contributed by atoms with Crippen LogP contribution < -0.4 is 0 Å². The minimum atomic E-state index is -3.34. The first-order chi connectivity index (χ1) is 13.2. The zero-order valence-corrected chi connectivity index (χ0v) is 19.3. The molecule has 0 radical (unpaired) electrons. The molecule has 7 heteroatoms. The molecule has 1 aliphatic heterocycles. The van der Waals surface area contributed by atoms with Crippen LogP contribution in [-0.2, 0) is 22.9 Å². The minimum absolute atomic E-state index is 0.191. The Morgan fingerprint density at radius 1 is 1.32 bits per heavy atom. The van der Waals surface area contributed by atoms with Gasteiger partial charge in [0.25, 0.3) is 0 Å². The molecule has 2 rings (SSSR count). The lowest BCUT2D eigenvalue weighted by molar-refractivity contribution is 0.212. The molecular weight excluding hydrogens is 372 g/mol. The number of likely N-dealkylation sites (tertiary alicyclic amines) is 1. The van der Waals surface area contributed by atoms with E-state index >= 15 is 0 Å². The monoisotopic (exact) mass is 412 g/mol. The van der Waals surface area contributed by atoms with Crippen molar-refractivity contribution in [1.29, 1.82) is 0 Å². The number of unbranched alkanes of at least 4 members (excludes halogenated alkanes) is 1. The average Bonchev–Trinajstić information content (AvgIpc) is 3.19. The third-order valence-corrected chi connectivity index (χ3v) is 7.44. The van der Waals surface area contributed by atoms with E-state index in [1.54, 1.807) is 6.20 Å². The van der Waals surface area contributed by atoms with Crippen LogP contribution in [0.4, 0.5) is 0 Å². The van der Waals surface area contributed by atoms with Gasteiger partial charge in [0.05, 0.1) is 17.6 Å². The minimum Gasteiger partial charge on any atom is -0.318 e. The number of rotatable bonds is 12. The van der Waals surface area contributed by atoms with Gasteiger partial charge in [0.1, 0.15) is 0 Å². The van der Waals surface area contributed by atoms with Crippen LogP contribution in [0.25, 0.3) is 0 Å². The van der Waals surface area contributed by atoms with Crippen molar-refractivity contribution in [2.45, 2.75) is 83.6 Å². The Hall–Kier alpha value is -0.920. The van der Waals surface area contributed by atoms with Crippen LogP contribution in [0.3, 0.4) is 0 Å². The summed E-state index contributed by atoms with van der Waals surface area (Å²) in [5.41, 5.74) is 1.01. The van der Waals surface area contributed by atoms with E-state index in [2.05, 4.69) is 49.7 Å². The molecule has 0 saturated carbocycles. The summed E-state index contributed by atoms with van der Waals surface area (Å²) in [6, 6.07) is 0.594. The van der Waals surface area contributed by atoms with Crippen molar-refractivity contribution in [3.63, 3.8) is 0 Å². The second kappa shape index (κ2) is 10.7. The molecule has 2 heterocycles. The first kappa shape index (κ1) is 23.4. The number of hydrogen-bond donors (Lipinski definition) is 0. The molecule has 0 aromatic carbocycles. The maximum atomic E-state index is 12.9. The lowest BCUT2D eigenvalue weighted by Gasteiger charge is -2.26. The third-order valence-electron chi connectivity index (χ3n) is 5.74. The molecule has 1 aromatic rings. The Morgan fingerprint density at radius 3 is 2.68 bits per heavy atom. The Balaban J connectivity index is 2.11. The van der Waals surface area contributed by atoms with Crippen molar-refractivity contribution in [3.8, 4) is 0 Å². The van der Waals surface area contributed by atoms with E-state index in [4.69, 9.17) is 0 Å². The van der Waals surface area contributed by atoms with Crippen molar-refractivity contribution in [1.82, 2.24) is 19.4 Å². The van der Waals surface area contributed by atoms with Gasteiger partial charge in [-0.2, -0.15) is 0 Å². The second-order valence-electron chi connectivity index (χ2n) is 8.87. The Morgan fingerprint density at radius 2 is 2.07 bits per heavy atom. The third kappa shape index (κ3) is 6.56. The fraction of sp³-hybridized carbons (Fsp3) is 0.857. The van der Waals surface area contributed by atoms with E-state index in [0.717, 1.165) is 44.6 Å². The molecule has 1 aromatic heterocycles. The number of likely N-dealkylation sites (N-methyl/N-ethyl adjacent to an activating group) is 2. The van der Waals surface area contributed by atoms with Gasteiger partial charge in [0.15, 0.2) is 0 Å². The van der Waals surface area contributed by atoms with Crippen LogP contribution in [-0.4, -0.2) is 66.7 Å². The quantitative estimate of drug-likeness (QED) is 0.526. The van der Waals surface area contributed by atoms with E-state index in [0.29, 0.717) is 18.4 Å². The highest BCUT2D eigenvalue weighted by molar-refractivity contribution is 7.91. The SMILES string of the molecule is CCCCn1c(CN(C)C[C@@H]2CCCN2C)cnc1S(=O)(=O)CCCC(C)C. The maximum Gasteiger partial charge on any atom is 0.227 e. The molecule has 1 atom stereocenters. The van der Waals surface area contributed by atoms with Gasteiger partial charge < -0.3 is 9.47 Å². The summed E-state index contributed by atoms with van der Waals surface area (Å²) in [5, 5.41) is 0.270. The van der Waals surface area contributed by atoms with Crippen LogP contribution >= 0.6 is 0 Å². The molecule has 162 valence electrons.